The summed E-state index contributed by atoms with van der Waals surface area (Å²) in [6.07, 6.45) is 3.99. The predicted octanol–water partition coefficient (Wildman–Crippen LogP) is 2.90. The van der Waals surface area contributed by atoms with Crippen molar-refractivity contribution in [2.45, 2.75) is 25.3 Å². The summed E-state index contributed by atoms with van der Waals surface area (Å²) < 4.78 is 10.7. The summed E-state index contributed by atoms with van der Waals surface area (Å²) in [5, 5.41) is 8.07. The summed E-state index contributed by atoms with van der Waals surface area (Å²) in [5.74, 6) is 0.564. The highest BCUT2D eigenvalue weighted by atomic mass is 32.1. The van der Waals surface area contributed by atoms with E-state index >= 15 is 0 Å². The van der Waals surface area contributed by atoms with Gasteiger partial charge in [0, 0.05) is 26.0 Å². The summed E-state index contributed by atoms with van der Waals surface area (Å²) in [7, 11) is 1.59. The molecule has 7 nitrogen and oxygen atoms in total. The van der Waals surface area contributed by atoms with Gasteiger partial charge in [-0.15, -0.1) is 11.3 Å². The summed E-state index contributed by atoms with van der Waals surface area (Å²) in [6, 6.07) is 7.34. The van der Waals surface area contributed by atoms with Gasteiger partial charge in [-0.2, -0.15) is 5.10 Å². The molecule has 1 saturated carbocycles. The number of rotatable bonds is 8. The van der Waals surface area contributed by atoms with Crippen molar-refractivity contribution in [3.05, 3.63) is 46.5 Å². The van der Waals surface area contributed by atoms with E-state index in [1.54, 1.807) is 29.6 Å². The molecule has 0 aromatic carbocycles. The van der Waals surface area contributed by atoms with Gasteiger partial charge in [0.05, 0.1) is 23.5 Å². The second-order valence-corrected chi connectivity index (χ2v) is 7.97. The second kappa shape index (κ2) is 8.28. The van der Waals surface area contributed by atoms with Crippen LogP contribution in [0, 0.1) is 5.92 Å². The first-order valence-corrected chi connectivity index (χ1v) is 10.3. The monoisotopic (exact) mass is 401 g/mol. The van der Waals surface area contributed by atoms with E-state index in [1.807, 2.05) is 29.6 Å². The van der Waals surface area contributed by atoms with Gasteiger partial charge >= 0.3 is 0 Å². The Bertz CT molecular complexity index is 843. The maximum Gasteiger partial charge on any atom is 0.262 e. The van der Waals surface area contributed by atoms with Crippen LogP contribution in [-0.2, 0) is 14.3 Å². The number of furan rings is 1. The molecule has 1 atom stereocenters. The number of ether oxygens (including phenoxy) is 1. The Morgan fingerprint density at radius 3 is 2.86 bits per heavy atom. The fourth-order valence-electron chi connectivity index (χ4n) is 3.33. The van der Waals surface area contributed by atoms with Crippen molar-refractivity contribution in [2.75, 3.05) is 26.8 Å². The minimum absolute atomic E-state index is 0.00285. The molecule has 3 heterocycles. The maximum atomic E-state index is 13.1. The highest BCUT2D eigenvalue weighted by Gasteiger charge is 2.38. The van der Waals surface area contributed by atoms with Gasteiger partial charge in [0.1, 0.15) is 18.3 Å². The van der Waals surface area contributed by atoms with Crippen LogP contribution in [0.1, 0.15) is 35.9 Å². The van der Waals surface area contributed by atoms with Crippen LogP contribution in [0.15, 0.2) is 45.4 Å². The number of methoxy groups -OCH3 is 1. The van der Waals surface area contributed by atoms with Crippen LogP contribution >= 0.6 is 11.3 Å². The molecule has 0 N–H and O–H groups in total. The molecular formula is C20H23N3O4S. The highest BCUT2D eigenvalue weighted by molar-refractivity contribution is 7.12. The number of nitrogens with zero attached hydrogens (tertiary/aromatic N) is 3. The Kier molecular flexibility index (Phi) is 5.59. The summed E-state index contributed by atoms with van der Waals surface area (Å²) in [4.78, 5) is 28.3. The molecule has 1 fully saturated rings. The fraction of sp³-hybridized carbons (Fsp3) is 0.450. The van der Waals surface area contributed by atoms with E-state index in [1.165, 1.54) is 5.01 Å². The van der Waals surface area contributed by atoms with Gasteiger partial charge in [0.2, 0.25) is 5.91 Å². The molecule has 28 heavy (non-hydrogen) atoms. The van der Waals surface area contributed by atoms with Crippen LogP contribution in [0.4, 0.5) is 0 Å². The first-order chi connectivity index (χ1) is 13.7. The van der Waals surface area contributed by atoms with Gasteiger partial charge in [0.25, 0.3) is 5.91 Å². The Morgan fingerprint density at radius 2 is 2.21 bits per heavy atom. The van der Waals surface area contributed by atoms with Crippen molar-refractivity contribution in [3.63, 3.8) is 0 Å². The molecule has 4 rings (SSSR count). The average Bonchev–Trinajstić information content (AvgIpc) is 3.13. The molecule has 0 spiro atoms. The number of amides is 2. The van der Waals surface area contributed by atoms with Gasteiger partial charge in [-0.25, -0.2) is 5.01 Å². The summed E-state index contributed by atoms with van der Waals surface area (Å²) in [6.45, 7) is 0.798. The summed E-state index contributed by atoms with van der Waals surface area (Å²) >= 11 is 1.59. The van der Waals surface area contributed by atoms with Crippen molar-refractivity contribution in [3.8, 4) is 0 Å². The number of carbonyl (C=O) groups is 2. The zero-order valence-corrected chi connectivity index (χ0v) is 16.6. The number of hydrogen-bond acceptors (Lipinski definition) is 6. The van der Waals surface area contributed by atoms with Crippen molar-refractivity contribution in [1.82, 2.24) is 9.91 Å². The van der Waals surface area contributed by atoms with Gasteiger partial charge in [-0.05, 0) is 36.4 Å². The van der Waals surface area contributed by atoms with E-state index in [4.69, 9.17) is 9.15 Å². The number of hydrazone groups is 1. The number of carbonyl (C=O) groups excluding carboxylic acids is 2. The molecule has 2 aromatic heterocycles. The van der Waals surface area contributed by atoms with E-state index in [2.05, 4.69) is 5.10 Å². The first-order valence-electron chi connectivity index (χ1n) is 9.42. The molecule has 0 bridgehead atoms. The Hall–Kier alpha value is -2.45. The SMILES string of the molecule is COCCN(CC(=O)N1N=C(c2cccs2)CC1c1ccco1)C(=O)C1CC1. The highest BCUT2D eigenvalue weighted by Crippen LogP contribution is 2.35. The van der Waals surface area contributed by atoms with Crippen LogP contribution in [0.2, 0.25) is 0 Å². The lowest BCUT2D eigenvalue weighted by Crippen LogP contribution is -2.43. The van der Waals surface area contributed by atoms with Gasteiger partial charge in [0.15, 0.2) is 0 Å². The van der Waals surface area contributed by atoms with E-state index in [0.717, 1.165) is 23.4 Å². The van der Waals surface area contributed by atoms with E-state index in [0.29, 0.717) is 25.3 Å². The van der Waals surface area contributed by atoms with Crippen molar-refractivity contribution in [2.24, 2.45) is 11.0 Å². The first kappa shape index (κ1) is 18.9. The van der Waals surface area contributed by atoms with E-state index < -0.39 is 0 Å². The molecule has 2 aromatic rings. The molecular weight excluding hydrogens is 378 g/mol. The van der Waals surface area contributed by atoms with Crippen molar-refractivity contribution >= 4 is 28.9 Å². The van der Waals surface area contributed by atoms with Crippen LogP contribution in [0.3, 0.4) is 0 Å². The van der Waals surface area contributed by atoms with E-state index in [-0.39, 0.29) is 30.3 Å². The van der Waals surface area contributed by atoms with Gasteiger partial charge in [-0.3, -0.25) is 9.59 Å². The topological polar surface area (TPSA) is 75.3 Å². The molecule has 1 aliphatic carbocycles. The lowest BCUT2D eigenvalue weighted by Gasteiger charge is -2.26. The standard InChI is InChI=1S/C20H23N3O4S/c1-26-10-8-22(20(25)14-6-7-14)13-19(24)23-16(17-4-2-9-27-17)12-15(21-23)18-5-3-11-28-18/h2-5,9,11,14,16H,6-8,10,12-13H2,1H3. The minimum atomic E-state index is -0.292. The smallest absolute Gasteiger partial charge is 0.262 e. The van der Waals surface area contributed by atoms with Crippen molar-refractivity contribution < 1.29 is 18.7 Å². The number of thiophene rings is 1. The molecule has 1 unspecified atom stereocenters. The van der Waals surface area contributed by atoms with Gasteiger partial charge < -0.3 is 14.1 Å². The average molecular weight is 401 g/mol. The Labute approximate surface area is 167 Å². The predicted molar refractivity (Wildman–Crippen MR) is 105 cm³/mol. The molecule has 0 radical (unpaired) electrons. The minimum Gasteiger partial charge on any atom is -0.467 e. The molecule has 2 amide bonds. The van der Waals surface area contributed by atoms with Crippen LogP contribution in [0.5, 0.6) is 0 Å². The second-order valence-electron chi connectivity index (χ2n) is 7.02. The normalized spacial score (nSPS) is 19.0. The fourth-order valence-corrected chi connectivity index (χ4v) is 4.05. The van der Waals surface area contributed by atoms with Gasteiger partial charge in [-0.1, -0.05) is 6.07 Å². The quantitative estimate of drug-likeness (QED) is 0.682. The zero-order valence-electron chi connectivity index (χ0n) is 15.7. The third-order valence-electron chi connectivity index (χ3n) is 4.97. The Morgan fingerprint density at radius 1 is 1.36 bits per heavy atom. The van der Waals surface area contributed by atoms with E-state index in [9.17, 15) is 9.59 Å². The molecule has 148 valence electrons. The summed E-state index contributed by atoms with van der Waals surface area (Å²) in [5.41, 5.74) is 0.863. The molecule has 1 aliphatic heterocycles. The lowest BCUT2D eigenvalue weighted by atomic mass is 10.1. The number of hydrogen-bond donors (Lipinski definition) is 0. The largest absolute Gasteiger partial charge is 0.467 e. The zero-order chi connectivity index (χ0) is 19.5. The van der Waals surface area contributed by atoms with Crippen LogP contribution in [0.25, 0.3) is 0 Å². The molecule has 2 aliphatic rings. The van der Waals surface area contributed by atoms with Crippen LogP contribution < -0.4 is 0 Å². The molecule has 0 saturated heterocycles. The van der Waals surface area contributed by atoms with Crippen LogP contribution in [-0.4, -0.2) is 54.2 Å². The Balaban J connectivity index is 1.54. The maximum absolute atomic E-state index is 13.1. The lowest BCUT2D eigenvalue weighted by molar-refractivity contribution is -0.143. The van der Waals surface area contributed by atoms with Crippen molar-refractivity contribution in [1.29, 1.82) is 0 Å². The third-order valence-corrected chi connectivity index (χ3v) is 5.89. The third kappa shape index (κ3) is 4.02. The molecule has 8 heteroatoms.